The molecule has 4 nitrogen and oxygen atoms in total. The maximum Gasteiger partial charge on any atom is 0.144 e. The van der Waals surface area contributed by atoms with E-state index in [4.69, 9.17) is 10.5 Å². The van der Waals surface area contributed by atoms with E-state index < -0.39 is 0 Å². The van der Waals surface area contributed by atoms with Gasteiger partial charge in [-0.05, 0) is 6.07 Å². The van der Waals surface area contributed by atoms with Crippen molar-refractivity contribution in [3.8, 4) is 5.75 Å². The quantitative estimate of drug-likeness (QED) is 0.710. The molecule has 0 amide bonds. The highest BCUT2D eigenvalue weighted by Crippen LogP contribution is 2.32. The van der Waals surface area contributed by atoms with Crippen LogP contribution in [-0.4, -0.2) is 21.2 Å². The van der Waals surface area contributed by atoms with Crippen molar-refractivity contribution in [1.29, 1.82) is 0 Å². The van der Waals surface area contributed by atoms with Gasteiger partial charge >= 0.3 is 0 Å². The molecule has 100 valence electrons. The molecular formula is C13H27N3O. The molecule has 0 bridgehead atoms. The van der Waals surface area contributed by atoms with Crippen molar-refractivity contribution in [3.05, 3.63) is 12.1 Å². The third-order valence-electron chi connectivity index (χ3n) is 1.91. The van der Waals surface area contributed by atoms with E-state index in [2.05, 4.69) is 10.6 Å². The molecule has 0 saturated carbocycles. The van der Waals surface area contributed by atoms with Crippen LogP contribution in [0, 0.1) is 0 Å². The second-order valence-electron chi connectivity index (χ2n) is 2.64. The molecule has 0 saturated heterocycles. The second-order valence-corrected chi connectivity index (χ2v) is 2.64. The lowest BCUT2D eigenvalue weighted by atomic mass is 10.2. The highest BCUT2D eigenvalue weighted by atomic mass is 16.5. The number of benzene rings is 1. The molecule has 4 heteroatoms. The Labute approximate surface area is 106 Å². The number of hydrogen-bond donors (Lipinski definition) is 3. The number of rotatable bonds is 3. The van der Waals surface area contributed by atoms with Crippen LogP contribution >= 0.6 is 0 Å². The fraction of sp³-hybridized carbons (Fsp3) is 0.538. The molecule has 0 atom stereocenters. The van der Waals surface area contributed by atoms with E-state index in [1.165, 1.54) is 0 Å². The highest BCUT2D eigenvalue weighted by Gasteiger charge is 2.05. The Morgan fingerprint density at radius 1 is 0.941 bits per heavy atom. The van der Waals surface area contributed by atoms with Gasteiger partial charge in [0.15, 0.2) is 0 Å². The van der Waals surface area contributed by atoms with Gasteiger partial charge in [-0.3, -0.25) is 0 Å². The van der Waals surface area contributed by atoms with Crippen LogP contribution in [0.15, 0.2) is 12.1 Å². The maximum atomic E-state index is 5.76. The van der Waals surface area contributed by atoms with Gasteiger partial charge in [0.1, 0.15) is 5.75 Å². The van der Waals surface area contributed by atoms with Crippen LogP contribution in [0.5, 0.6) is 5.75 Å². The van der Waals surface area contributed by atoms with E-state index in [-0.39, 0.29) is 0 Å². The van der Waals surface area contributed by atoms with Crippen molar-refractivity contribution < 1.29 is 4.74 Å². The Morgan fingerprint density at radius 3 is 1.76 bits per heavy atom. The molecule has 0 heterocycles. The van der Waals surface area contributed by atoms with Crippen LogP contribution in [0.3, 0.4) is 0 Å². The van der Waals surface area contributed by atoms with E-state index in [1.54, 1.807) is 13.2 Å². The van der Waals surface area contributed by atoms with Gasteiger partial charge in [-0.1, -0.05) is 27.7 Å². The number of ether oxygens (including phenoxy) is 1. The highest BCUT2D eigenvalue weighted by molar-refractivity contribution is 5.76. The molecule has 0 aliphatic heterocycles. The first-order valence-corrected chi connectivity index (χ1v) is 6.06. The van der Waals surface area contributed by atoms with Gasteiger partial charge in [0.05, 0.1) is 24.2 Å². The van der Waals surface area contributed by atoms with Crippen molar-refractivity contribution in [1.82, 2.24) is 0 Å². The van der Waals surface area contributed by atoms with Crippen molar-refractivity contribution in [2.75, 3.05) is 37.6 Å². The summed E-state index contributed by atoms with van der Waals surface area (Å²) in [6.45, 7) is 8.00. The van der Waals surface area contributed by atoms with E-state index in [1.807, 2.05) is 47.9 Å². The number of hydrogen-bond acceptors (Lipinski definition) is 4. The lowest BCUT2D eigenvalue weighted by Gasteiger charge is -2.12. The summed E-state index contributed by atoms with van der Waals surface area (Å²) < 4.78 is 5.15. The predicted octanol–water partition coefficient (Wildman–Crippen LogP) is 3.41. The third kappa shape index (κ3) is 5.33. The molecule has 0 spiro atoms. The Balaban J connectivity index is 0. The predicted molar refractivity (Wildman–Crippen MR) is 79.2 cm³/mol. The number of nitrogens with two attached hydrogens (primary N) is 1. The van der Waals surface area contributed by atoms with Gasteiger partial charge in [-0.2, -0.15) is 0 Å². The first kappa shape index (κ1) is 17.8. The molecule has 1 rings (SSSR count). The van der Waals surface area contributed by atoms with Crippen molar-refractivity contribution >= 4 is 17.1 Å². The van der Waals surface area contributed by atoms with Gasteiger partial charge in [-0.15, -0.1) is 0 Å². The summed E-state index contributed by atoms with van der Waals surface area (Å²) >= 11 is 0. The summed E-state index contributed by atoms with van der Waals surface area (Å²) in [7, 11) is 5.29. The molecule has 0 unspecified atom stereocenters. The lowest BCUT2D eigenvalue weighted by Crippen LogP contribution is -2.00. The fourth-order valence-electron chi connectivity index (χ4n) is 1.18. The van der Waals surface area contributed by atoms with Crippen molar-refractivity contribution in [2.45, 2.75) is 27.7 Å². The molecule has 0 aliphatic carbocycles. The van der Waals surface area contributed by atoms with E-state index in [9.17, 15) is 0 Å². The van der Waals surface area contributed by atoms with Gasteiger partial charge in [0.2, 0.25) is 0 Å². The lowest BCUT2D eigenvalue weighted by molar-refractivity contribution is 0.417. The molecular weight excluding hydrogens is 214 g/mol. The summed E-state index contributed by atoms with van der Waals surface area (Å²) in [5.41, 5.74) is 8.25. The average molecular weight is 241 g/mol. The van der Waals surface area contributed by atoms with E-state index in [0.29, 0.717) is 5.69 Å². The monoisotopic (exact) mass is 241 g/mol. The first-order valence-electron chi connectivity index (χ1n) is 6.06. The fourth-order valence-corrected chi connectivity index (χ4v) is 1.18. The SMILES string of the molecule is CC.CC.CNc1cc(NC)c(OC)cc1N. The molecule has 4 N–H and O–H groups in total. The van der Waals surface area contributed by atoms with Crippen LogP contribution in [0.25, 0.3) is 0 Å². The minimum Gasteiger partial charge on any atom is -0.495 e. The van der Waals surface area contributed by atoms with Gasteiger partial charge in [0, 0.05) is 20.2 Å². The molecule has 1 aromatic carbocycles. The maximum absolute atomic E-state index is 5.76. The van der Waals surface area contributed by atoms with Gasteiger partial charge in [-0.25, -0.2) is 0 Å². The van der Waals surface area contributed by atoms with E-state index >= 15 is 0 Å². The number of anilines is 3. The zero-order valence-electron chi connectivity index (χ0n) is 12.1. The summed E-state index contributed by atoms with van der Waals surface area (Å²) in [4.78, 5) is 0. The molecule has 1 aromatic rings. The molecule has 0 aliphatic rings. The third-order valence-corrected chi connectivity index (χ3v) is 1.91. The van der Waals surface area contributed by atoms with Gasteiger partial charge in [0.25, 0.3) is 0 Å². The summed E-state index contributed by atoms with van der Waals surface area (Å²) in [6.07, 6.45) is 0. The normalized spacial score (nSPS) is 7.94. The minimum atomic E-state index is 0.679. The average Bonchev–Trinajstić information content (AvgIpc) is 2.42. The largest absolute Gasteiger partial charge is 0.495 e. The molecule has 0 radical (unpaired) electrons. The molecule has 0 fully saturated rings. The van der Waals surface area contributed by atoms with Crippen LogP contribution in [0.1, 0.15) is 27.7 Å². The Bertz CT molecular complexity index is 301. The van der Waals surface area contributed by atoms with Crippen molar-refractivity contribution in [3.63, 3.8) is 0 Å². The second kappa shape index (κ2) is 10.9. The summed E-state index contributed by atoms with van der Waals surface area (Å²) in [6, 6.07) is 3.70. The van der Waals surface area contributed by atoms with Gasteiger partial charge < -0.3 is 21.1 Å². The Kier molecular flexibility index (Phi) is 11.4. The molecule has 17 heavy (non-hydrogen) atoms. The molecule has 0 aromatic heterocycles. The number of nitrogens with one attached hydrogen (secondary N) is 2. The zero-order chi connectivity index (χ0) is 13.8. The van der Waals surface area contributed by atoms with Crippen LogP contribution < -0.4 is 21.1 Å². The summed E-state index contributed by atoms with van der Waals surface area (Å²) in [5, 5.41) is 6.03. The minimum absolute atomic E-state index is 0.679. The topological polar surface area (TPSA) is 59.3 Å². The Hall–Kier alpha value is -1.58. The van der Waals surface area contributed by atoms with Crippen LogP contribution in [0.4, 0.5) is 17.1 Å². The van der Waals surface area contributed by atoms with Crippen LogP contribution in [-0.2, 0) is 0 Å². The standard InChI is InChI=1S/C9H15N3O.2C2H6/c1-11-7-5-8(12-2)9(13-3)4-6(7)10;2*1-2/h4-5,11-12H,10H2,1-3H3;2*1-2H3. The number of nitrogen functional groups attached to an aromatic ring is 1. The van der Waals surface area contributed by atoms with Crippen molar-refractivity contribution in [2.24, 2.45) is 0 Å². The smallest absolute Gasteiger partial charge is 0.144 e. The van der Waals surface area contributed by atoms with Crippen LogP contribution in [0.2, 0.25) is 0 Å². The zero-order valence-corrected chi connectivity index (χ0v) is 12.1. The number of methoxy groups -OCH3 is 1. The Morgan fingerprint density at radius 2 is 1.41 bits per heavy atom. The summed E-state index contributed by atoms with van der Waals surface area (Å²) in [5.74, 6) is 0.749. The van der Waals surface area contributed by atoms with E-state index in [0.717, 1.165) is 17.1 Å². The first-order chi connectivity index (χ1) is 8.22.